The van der Waals surface area contributed by atoms with Crippen molar-refractivity contribution in [3.8, 4) is 28.3 Å². The normalized spacial score (nSPS) is 13.8. The van der Waals surface area contributed by atoms with Gasteiger partial charge in [-0.1, -0.05) is 29.8 Å². The number of benzene rings is 1. The van der Waals surface area contributed by atoms with Gasteiger partial charge in [0.25, 0.3) is 5.89 Å². The van der Waals surface area contributed by atoms with Gasteiger partial charge in [-0.25, -0.2) is 4.98 Å². The van der Waals surface area contributed by atoms with E-state index in [1.165, 1.54) is 11.8 Å². The molecule has 4 aromatic rings. The Hall–Kier alpha value is -3.90. The van der Waals surface area contributed by atoms with Crippen molar-refractivity contribution >= 4 is 23.1 Å². The zero-order chi connectivity index (χ0) is 22.8. The van der Waals surface area contributed by atoms with Gasteiger partial charge in [-0.2, -0.15) is 10.2 Å². The number of carbonyl (C=O) groups is 1. The first-order valence-electron chi connectivity index (χ1n) is 10.6. The maximum Gasteiger partial charge on any atom is 0.266 e. The number of anilines is 1. The molecule has 0 unspecified atom stereocenters. The zero-order valence-corrected chi connectivity index (χ0v) is 18.8. The molecule has 0 N–H and O–H groups in total. The van der Waals surface area contributed by atoms with E-state index in [4.69, 9.17) is 8.83 Å². The third kappa shape index (κ3) is 4.38. The number of thiazole rings is 1. The lowest BCUT2D eigenvalue weighted by molar-refractivity contribution is -0.130. The minimum atomic E-state index is 0.0461. The molecule has 0 bridgehead atoms. The van der Waals surface area contributed by atoms with Gasteiger partial charge in [-0.15, -0.1) is 11.3 Å². The van der Waals surface area contributed by atoms with E-state index in [1.54, 1.807) is 23.5 Å². The second-order valence-corrected chi connectivity index (χ2v) is 8.67. The maximum absolute atomic E-state index is 12.9. The Morgan fingerprint density at radius 2 is 1.94 bits per heavy atom. The first kappa shape index (κ1) is 21.0. The Morgan fingerprint density at radius 3 is 2.64 bits per heavy atom. The lowest BCUT2D eigenvalue weighted by Gasteiger charge is -2.34. The van der Waals surface area contributed by atoms with Crippen molar-refractivity contribution in [1.82, 2.24) is 14.9 Å². The number of hydrogen-bond acceptors (Lipinski definition) is 8. The van der Waals surface area contributed by atoms with Crippen LogP contribution in [-0.2, 0) is 11.2 Å². The molecule has 166 valence electrons. The van der Waals surface area contributed by atoms with Crippen LogP contribution in [0.15, 0.2) is 56.9 Å². The number of amides is 1. The molecule has 33 heavy (non-hydrogen) atoms. The fourth-order valence-corrected chi connectivity index (χ4v) is 4.57. The third-order valence-electron chi connectivity index (χ3n) is 5.55. The van der Waals surface area contributed by atoms with Crippen LogP contribution in [0.25, 0.3) is 22.2 Å². The minimum Gasteiger partial charge on any atom is -0.459 e. The average molecular weight is 460 g/mol. The molecular weight excluding hydrogens is 438 g/mol. The fraction of sp³-hybridized carbons (Fsp3) is 0.250. The van der Waals surface area contributed by atoms with E-state index in [1.807, 2.05) is 15.2 Å². The summed E-state index contributed by atoms with van der Waals surface area (Å²) in [6, 6.07) is 13.8. The van der Waals surface area contributed by atoms with Gasteiger partial charge in [0.1, 0.15) is 11.1 Å². The maximum atomic E-state index is 12.9. The molecule has 0 saturated carbocycles. The van der Waals surface area contributed by atoms with Crippen LogP contribution in [0.4, 0.5) is 5.88 Å². The van der Waals surface area contributed by atoms with Crippen molar-refractivity contribution in [3.63, 3.8) is 0 Å². The number of carbonyl (C=O) groups excluding carboxylic acids is 1. The molecule has 4 heterocycles. The van der Waals surface area contributed by atoms with E-state index < -0.39 is 0 Å². The summed E-state index contributed by atoms with van der Waals surface area (Å²) in [5.41, 5.74) is 3.27. The SMILES string of the molecule is Cc1ccc(-c2nc(CC(=O)N3CCN(c4oc(-c5ccco5)nc4C#N)CC3)cs2)cc1. The first-order valence-corrected chi connectivity index (χ1v) is 11.5. The van der Waals surface area contributed by atoms with E-state index >= 15 is 0 Å². The summed E-state index contributed by atoms with van der Waals surface area (Å²) in [7, 11) is 0. The van der Waals surface area contributed by atoms with Crippen LogP contribution in [-0.4, -0.2) is 47.0 Å². The standard InChI is InChI=1S/C24H21N5O3S/c1-16-4-6-17(7-5-16)23-26-18(15-33-23)13-21(30)28-8-10-29(11-9-28)24-19(14-25)27-22(32-24)20-3-2-12-31-20/h2-7,12,15H,8-11,13H2,1H3. The highest BCUT2D eigenvalue weighted by atomic mass is 32.1. The van der Waals surface area contributed by atoms with E-state index in [-0.39, 0.29) is 23.9 Å². The van der Waals surface area contributed by atoms with E-state index in [9.17, 15) is 10.1 Å². The highest BCUT2D eigenvalue weighted by Crippen LogP contribution is 2.29. The average Bonchev–Trinajstić information content (AvgIpc) is 3.60. The molecule has 1 aromatic carbocycles. The Labute approximate surface area is 194 Å². The van der Waals surface area contributed by atoms with Crippen LogP contribution in [0.5, 0.6) is 0 Å². The smallest absolute Gasteiger partial charge is 0.266 e. The van der Waals surface area contributed by atoms with Gasteiger partial charge < -0.3 is 18.6 Å². The number of oxazole rings is 1. The largest absolute Gasteiger partial charge is 0.459 e. The number of hydrogen-bond donors (Lipinski definition) is 0. The Balaban J connectivity index is 1.21. The van der Waals surface area contributed by atoms with Crippen LogP contribution in [0.2, 0.25) is 0 Å². The molecule has 1 amide bonds. The van der Waals surface area contributed by atoms with E-state index in [0.717, 1.165) is 16.3 Å². The molecule has 0 aliphatic carbocycles. The molecule has 1 aliphatic rings. The predicted octanol–water partition coefficient (Wildman–Crippen LogP) is 4.13. The molecule has 0 atom stereocenters. The Bertz CT molecular complexity index is 1290. The molecule has 8 nitrogen and oxygen atoms in total. The molecule has 1 saturated heterocycles. The molecule has 3 aromatic heterocycles. The lowest BCUT2D eigenvalue weighted by atomic mass is 10.2. The second-order valence-electron chi connectivity index (χ2n) is 7.82. The van der Waals surface area contributed by atoms with Gasteiger partial charge in [0.15, 0.2) is 5.76 Å². The van der Waals surface area contributed by atoms with Crippen molar-refractivity contribution < 1.29 is 13.6 Å². The summed E-state index contributed by atoms with van der Waals surface area (Å²) in [5.74, 6) is 1.21. The van der Waals surface area contributed by atoms with Crippen LogP contribution >= 0.6 is 11.3 Å². The second kappa shape index (κ2) is 8.92. The molecule has 9 heteroatoms. The minimum absolute atomic E-state index is 0.0461. The predicted molar refractivity (Wildman–Crippen MR) is 124 cm³/mol. The van der Waals surface area contributed by atoms with Gasteiger partial charge in [0.05, 0.1) is 18.4 Å². The molecule has 1 aliphatic heterocycles. The summed E-state index contributed by atoms with van der Waals surface area (Å²) >= 11 is 1.55. The first-order chi connectivity index (χ1) is 16.1. The Morgan fingerprint density at radius 1 is 1.15 bits per heavy atom. The number of piperazine rings is 1. The quantitative estimate of drug-likeness (QED) is 0.442. The van der Waals surface area contributed by atoms with Gasteiger partial charge in [-0.05, 0) is 19.1 Å². The highest BCUT2D eigenvalue weighted by Gasteiger charge is 2.27. The summed E-state index contributed by atoms with van der Waals surface area (Å²) in [6.45, 7) is 4.24. The topological polar surface area (TPSA) is 99.4 Å². The number of rotatable bonds is 5. The fourth-order valence-electron chi connectivity index (χ4n) is 3.75. The summed E-state index contributed by atoms with van der Waals surface area (Å²) in [4.78, 5) is 25.5. The lowest BCUT2D eigenvalue weighted by Crippen LogP contribution is -2.49. The molecule has 0 spiro atoms. The van der Waals surface area contributed by atoms with Crippen molar-refractivity contribution in [2.24, 2.45) is 0 Å². The number of furan rings is 1. The van der Waals surface area contributed by atoms with Crippen LogP contribution < -0.4 is 4.90 Å². The summed E-state index contributed by atoms with van der Waals surface area (Å²) in [6.07, 6.45) is 1.80. The number of aromatic nitrogens is 2. The number of aryl methyl sites for hydroxylation is 1. The van der Waals surface area contributed by atoms with Crippen molar-refractivity contribution in [1.29, 1.82) is 5.26 Å². The van der Waals surface area contributed by atoms with Crippen LogP contribution in [0, 0.1) is 18.3 Å². The highest BCUT2D eigenvalue weighted by molar-refractivity contribution is 7.13. The van der Waals surface area contributed by atoms with E-state index in [2.05, 4.69) is 47.2 Å². The zero-order valence-electron chi connectivity index (χ0n) is 18.0. The number of nitriles is 1. The van der Waals surface area contributed by atoms with Crippen LogP contribution in [0.1, 0.15) is 17.0 Å². The molecule has 0 radical (unpaired) electrons. The van der Waals surface area contributed by atoms with Crippen molar-refractivity contribution in [2.75, 3.05) is 31.1 Å². The third-order valence-corrected chi connectivity index (χ3v) is 6.49. The van der Waals surface area contributed by atoms with Gasteiger partial charge in [0, 0.05) is 37.1 Å². The summed E-state index contributed by atoms with van der Waals surface area (Å²) in [5, 5.41) is 12.3. The summed E-state index contributed by atoms with van der Waals surface area (Å²) < 4.78 is 11.1. The van der Waals surface area contributed by atoms with Crippen molar-refractivity contribution in [3.05, 3.63) is 65.0 Å². The Kier molecular flexibility index (Phi) is 5.67. The molecule has 1 fully saturated rings. The number of nitrogens with zero attached hydrogens (tertiary/aromatic N) is 5. The van der Waals surface area contributed by atoms with Gasteiger partial charge in [-0.3, -0.25) is 4.79 Å². The van der Waals surface area contributed by atoms with Crippen molar-refractivity contribution in [2.45, 2.75) is 13.3 Å². The van der Waals surface area contributed by atoms with Crippen LogP contribution in [0.3, 0.4) is 0 Å². The van der Waals surface area contributed by atoms with Gasteiger partial charge >= 0.3 is 0 Å². The monoisotopic (exact) mass is 459 g/mol. The molecule has 5 rings (SSSR count). The van der Waals surface area contributed by atoms with E-state index in [0.29, 0.717) is 37.8 Å². The van der Waals surface area contributed by atoms with Gasteiger partial charge in [0.2, 0.25) is 17.5 Å². The molecular formula is C24H21N5O3S.